The summed E-state index contributed by atoms with van der Waals surface area (Å²) in [4.78, 5) is 0. The van der Waals surface area contributed by atoms with Gasteiger partial charge in [0.2, 0.25) is 11.4 Å². The molecule has 0 radical (unpaired) electrons. The van der Waals surface area contributed by atoms with E-state index in [0.717, 1.165) is 39.2 Å². The molecular weight excluding hydrogens is 428 g/mol. The van der Waals surface area contributed by atoms with E-state index in [-0.39, 0.29) is 5.90 Å². The predicted octanol–water partition coefficient (Wildman–Crippen LogP) is 6.21. The number of aromatic nitrogens is 1. The summed E-state index contributed by atoms with van der Waals surface area (Å²) in [6.45, 7) is 0. The van der Waals surface area contributed by atoms with Crippen LogP contribution < -0.4 is 9.78 Å². The van der Waals surface area contributed by atoms with Gasteiger partial charge in [-0.1, -0.05) is 103 Å². The molecule has 1 heterocycles. The van der Waals surface area contributed by atoms with Gasteiger partial charge in [0.25, 0.3) is 0 Å². The minimum Gasteiger partial charge on any atom is -0.855 e. The van der Waals surface area contributed by atoms with Crippen molar-refractivity contribution < 1.29 is 9.78 Å². The fourth-order valence-electron chi connectivity index (χ4n) is 3.99. The summed E-state index contributed by atoms with van der Waals surface area (Å²) in [5, 5.41) is 17.6. The van der Waals surface area contributed by atoms with Crippen LogP contribution >= 0.6 is 0 Å². The van der Waals surface area contributed by atoms with Crippen molar-refractivity contribution in [3.05, 3.63) is 145 Å². The van der Waals surface area contributed by atoms with Gasteiger partial charge in [-0.15, -0.1) is 0 Å². The zero-order chi connectivity index (χ0) is 23.9. The standard InChI is InChI=1S/C32H24N2O/c35-32(22-21-25-13-5-1-6-14-25)33-34-30(27-17-9-3-10-18-27)23-29(26-15-7-2-8-16-26)24-31(34)28-19-11-4-12-20-28/h1-24H/b22-21+. The zero-order valence-corrected chi connectivity index (χ0v) is 19.2. The van der Waals surface area contributed by atoms with Crippen LogP contribution in [0.5, 0.6) is 0 Å². The van der Waals surface area contributed by atoms with Crippen LogP contribution in [0.4, 0.5) is 0 Å². The zero-order valence-electron chi connectivity index (χ0n) is 19.2. The van der Waals surface area contributed by atoms with Gasteiger partial charge < -0.3 is 5.11 Å². The first-order valence-corrected chi connectivity index (χ1v) is 11.5. The van der Waals surface area contributed by atoms with Gasteiger partial charge in [-0.05, 0) is 56.8 Å². The van der Waals surface area contributed by atoms with Crippen molar-refractivity contribution in [2.75, 3.05) is 0 Å². The van der Waals surface area contributed by atoms with Crippen molar-refractivity contribution in [2.45, 2.75) is 0 Å². The topological polar surface area (TPSA) is 39.3 Å². The maximum Gasteiger partial charge on any atom is 0.246 e. The van der Waals surface area contributed by atoms with E-state index in [1.807, 2.05) is 109 Å². The van der Waals surface area contributed by atoms with Gasteiger partial charge in [0.15, 0.2) is 0 Å². The van der Waals surface area contributed by atoms with Gasteiger partial charge in [0, 0.05) is 23.3 Å². The minimum atomic E-state index is -0.333. The van der Waals surface area contributed by atoms with E-state index in [1.165, 1.54) is 6.08 Å². The lowest BCUT2D eigenvalue weighted by atomic mass is 10.00. The minimum absolute atomic E-state index is 0.333. The molecule has 3 heteroatoms. The average Bonchev–Trinajstić information content (AvgIpc) is 2.94. The van der Waals surface area contributed by atoms with Crippen LogP contribution in [0.2, 0.25) is 0 Å². The molecule has 4 aromatic carbocycles. The molecule has 0 fully saturated rings. The first kappa shape index (κ1) is 22.1. The average molecular weight is 453 g/mol. The Morgan fingerprint density at radius 1 is 0.543 bits per heavy atom. The molecule has 168 valence electrons. The Morgan fingerprint density at radius 3 is 1.46 bits per heavy atom. The van der Waals surface area contributed by atoms with E-state index in [9.17, 15) is 5.11 Å². The Balaban J connectivity index is 1.73. The molecule has 5 rings (SSSR count). The SMILES string of the molecule is [O-]C(/C=C/c1ccccc1)=N\[n+]1c(-c2ccccc2)cc(-c2ccccc2)cc1-c1ccccc1. The van der Waals surface area contributed by atoms with Crippen molar-refractivity contribution >= 4 is 12.0 Å². The summed E-state index contributed by atoms with van der Waals surface area (Å²) in [6, 6.07) is 44.3. The highest BCUT2D eigenvalue weighted by atomic mass is 16.3. The molecule has 0 aliphatic heterocycles. The van der Waals surface area contributed by atoms with Crippen molar-refractivity contribution in [2.24, 2.45) is 5.10 Å². The van der Waals surface area contributed by atoms with Crippen molar-refractivity contribution in [1.29, 1.82) is 0 Å². The quantitative estimate of drug-likeness (QED) is 0.171. The molecule has 0 bridgehead atoms. The molecule has 1 aromatic heterocycles. The van der Waals surface area contributed by atoms with Crippen molar-refractivity contribution in [3.63, 3.8) is 0 Å². The number of nitrogens with zero attached hydrogens (tertiary/aromatic N) is 2. The van der Waals surface area contributed by atoms with E-state index >= 15 is 0 Å². The Morgan fingerprint density at radius 2 is 0.971 bits per heavy atom. The first-order valence-electron chi connectivity index (χ1n) is 11.5. The van der Waals surface area contributed by atoms with E-state index in [1.54, 1.807) is 10.8 Å². The van der Waals surface area contributed by atoms with Crippen molar-refractivity contribution in [1.82, 2.24) is 0 Å². The van der Waals surface area contributed by atoms with Gasteiger partial charge in [0.05, 0.1) is 5.90 Å². The van der Waals surface area contributed by atoms with Crippen LogP contribution in [0.1, 0.15) is 5.56 Å². The van der Waals surface area contributed by atoms with Gasteiger partial charge >= 0.3 is 0 Å². The van der Waals surface area contributed by atoms with Crippen LogP contribution in [-0.4, -0.2) is 5.90 Å². The normalized spacial score (nSPS) is 11.6. The van der Waals surface area contributed by atoms with Crippen LogP contribution in [0.15, 0.2) is 145 Å². The van der Waals surface area contributed by atoms with Gasteiger partial charge in [-0.3, -0.25) is 0 Å². The largest absolute Gasteiger partial charge is 0.855 e. The number of benzene rings is 4. The number of hydrogen-bond acceptors (Lipinski definition) is 2. The summed E-state index contributed by atoms with van der Waals surface area (Å²) >= 11 is 0. The Kier molecular flexibility index (Phi) is 6.58. The summed E-state index contributed by atoms with van der Waals surface area (Å²) in [5.41, 5.74) is 6.75. The highest BCUT2D eigenvalue weighted by molar-refractivity contribution is 5.88. The molecule has 3 nitrogen and oxygen atoms in total. The van der Waals surface area contributed by atoms with Gasteiger partial charge in [0.1, 0.15) is 0 Å². The Bertz CT molecular complexity index is 1400. The monoisotopic (exact) mass is 452 g/mol. The molecule has 35 heavy (non-hydrogen) atoms. The molecule has 0 saturated heterocycles. The molecule has 0 N–H and O–H groups in total. The summed E-state index contributed by atoms with van der Waals surface area (Å²) in [5.74, 6) is -0.333. The smallest absolute Gasteiger partial charge is 0.246 e. The Hall–Kier alpha value is -4.76. The third-order valence-corrected chi connectivity index (χ3v) is 5.70. The summed E-state index contributed by atoms with van der Waals surface area (Å²) in [6.07, 6.45) is 3.30. The molecule has 0 atom stereocenters. The third-order valence-electron chi connectivity index (χ3n) is 5.70. The maximum atomic E-state index is 13.0. The lowest BCUT2D eigenvalue weighted by Gasteiger charge is -2.10. The van der Waals surface area contributed by atoms with E-state index in [4.69, 9.17) is 0 Å². The predicted molar refractivity (Wildman–Crippen MR) is 141 cm³/mol. The fraction of sp³-hybridized carbons (Fsp3) is 0. The molecule has 0 amide bonds. The van der Waals surface area contributed by atoms with Crippen LogP contribution in [0.3, 0.4) is 0 Å². The number of hydrogen-bond donors (Lipinski definition) is 0. The molecule has 0 saturated carbocycles. The fourth-order valence-corrected chi connectivity index (χ4v) is 3.99. The molecule has 0 aliphatic rings. The second kappa shape index (κ2) is 10.4. The second-order valence-corrected chi connectivity index (χ2v) is 8.11. The van der Waals surface area contributed by atoms with Gasteiger partial charge in [-0.25, -0.2) is 0 Å². The second-order valence-electron chi connectivity index (χ2n) is 8.11. The first-order chi connectivity index (χ1) is 17.3. The maximum absolute atomic E-state index is 13.0. The van der Waals surface area contributed by atoms with E-state index in [0.29, 0.717) is 0 Å². The lowest BCUT2D eigenvalue weighted by molar-refractivity contribution is -0.659. The van der Waals surface area contributed by atoms with E-state index in [2.05, 4.69) is 29.4 Å². The van der Waals surface area contributed by atoms with Crippen molar-refractivity contribution in [3.8, 4) is 33.6 Å². The molecule has 0 spiro atoms. The van der Waals surface area contributed by atoms with Crippen LogP contribution in [0.25, 0.3) is 39.7 Å². The highest BCUT2D eigenvalue weighted by Crippen LogP contribution is 2.29. The highest BCUT2D eigenvalue weighted by Gasteiger charge is 2.23. The number of rotatable bonds is 6. The Labute approximate surface area is 205 Å². The number of pyridine rings is 1. The molecule has 0 unspecified atom stereocenters. The molecule has 5 aromatic rings. The summed E-state index contributed by atoms with van der Waals surface area (Å²) < 4.78 is 1.76. The third kappa shape index (κ3) is 5.26. The van der Waals surface area contributed by atoms with Gasteiger partial charge in [-0.2, -0.15) is 0 Å². The molecule has 0 aliphatic carbocycles. The lowest BCUT2D eigenvalue weighted by Crippen LogP contribution is -2.37. The molecular formula is C32H24N2O. The summed E-state index contributed by atoms with van der Waals surface area (Å²) in [7, 11) is 0. The van der Waals surface area contributed by atoms with E-state index < -0.39 is 0 Å². The van der Waals surface area contributed by atoms with Crippen LogP contribution in [-0.2, 0) is 0 Å². The van der Waals surface area contributed by atoms with Crippen LogP contribution in [0, 0.1) is 0 Å².